The molecule has 0 spiro atoms. The topological polar surface area (TPSA) is 404 Å². The lowest BCUT2D eigenvalue weighted by Gasteiger charge is -2.27. The fourth-order valence-electron chi connectivity index (χ4n) is 5.43. The zero-order valence-corrected chi connectivity index (χ0v) is 29.4. The van der Waals surface area contributed by atoms with Gasteiger partial charge in [-0.25, -0.2) is 22.7 Å². The van der Waals surface area contributed by atoms with Crippen LogP contribution < -0.4 is 32.0 Å². The van der Waals surface area contributed by atoms with Crippen molar-refractivity contribution in [1.29, 1.82) is 0 Å². The largest absolute Gasteiger partial charge is 0.756 e. The molecule has 27 nitrogen and oxygen atoms in total. The highest BCUT2D eigenvalue weighted by atomic mass is 32.5. The number of aliphatic hydroxyl groups is 4. The average Bonchev–Trinajstić information content (AvgIpc) is 3.74. The first-order valence-corrected chi connectivity index (χ1v) is 19.9. The molecule has 3 unspecified atom stereocenters. The van der Waals surface area contributed by atoms with Crippen LogP contribution in [0.1, 0.15) is 12.5 Å². The van der Waals surface area contributed by atoms with E-state index in [2.05, 4.69) is 49.9 Å². The molecule has 6 rings (SSSR count). The van der Waals surface area contributed by atoms with E-state index in [1.54, 1.807) is 0 Å². The zero-order valence-electron chi connectivity index (χ0n) is 25.9. The minimum Gasteiger partial charge on any atom is -0.756 e. The fourth-order valence-corrected chi connectivity index (χ4v) is 9.85. The third-order valence-electron chi connectivity index (χ3n) is 7.67. The SMILES string of the molecule is Cn1c[n+]([C@@H]2O[C@H](COP(O)(=S)OP(=O)(O)OP(=O)([O-])OC[C@H]3O[C@@H](n4cnc5c(=O)[nH]c(N)nc54)[C@H](O)[C@@H]3O)[C@@H](O)[C@H]2O)c2nc(N)[nH]c(=O)c21. The van der Waals surface area contributed by atoms with Crippen LogP contribution in [0.5, 0.6) is 0 Å². The molecule has 4 aromatic rings. The number of nitrogens with zero attached hydrogens (tertiary/aromatic N) is 6. The number of hydrogen-bond acceptors (Lipinski definition) is 21. The number of aromatic amines is 2. The Kier molecular flexibility index (Phi) is 10.4. The van der Waals surface area contributed by atoms with E-state index in [1.807, 2.05) is 0 Å². The molecule has 0 radical (unpaired) electrons. The highest BCUT2D eigenvalue weighted by molar-refractivity contribution is 8.08. The summed E-state index contributed by atoms with van der Waals surface area (Å²) in [5.74, 6) is -0.560. The Morgan fingerprint density at radius 2 is 1.58 bits per heavy atom. The van der Waals surface area contributed by atoms with Crippen LogP contribution in [0.4, 0.5) is 11.9 Å². The van der Waals surface area contributed by atoms with Gasteiger partial charge in [-0.3, -0.25) is 33.3 Å². The summed E-state index contributed by atoms with van der Waals surface area (Å²) in [5.41, 5.74) is 9.51. The molecule has 2 aliphatic heterocycles. The maximum absolute atomic E-state index is 12.5. The first-order chi connectivity index (χ1) is 24.2. The molecule has 0 bridgehead atoms. The van der Waals surface area contributed by atoms with Gasteiger partial charge in [0, 0.05) is 0 Å². The summed E-state index contributed by atoms with van der Waals surface area (Å²) in [6.07, 6.45) is -10.6. The Balaban J connectivity index is 1.05. The van der Waals surface area contributed by atoms with Crippen LogP contribution in [0.3, 0.4) is 0 Å². The predicted octanol–water partition coefficient (Wildman–Crippen LogP) is -5.06. The lowest BCUT2D eigenvalue weighted by Crippen LogP contribution is -2.46. The van der Waals surface area contributed by atoms with Gasteiger partial charge < -0.3 is 65.1 Å². The maximum atomic E-state index is 12.5. The second-order valence-electron chi connectivity index (χ2n) is 11.3. The van der Waals surface area contributed by atoms with Crippen LogP contribution in [0.2, 0.25) is 0 Å². The highest BCUT2D eigenvalue weighted by Gasteiger charge is 2.49. The van der Waals surface area contributed by atoms with Gasteiger partial charge >= 0.3 is 20.2 Å². The number of ether oxygens (including phenoxy) is 2. The molecule has 12 N–H and O–H groups in total. The van der Waals surface area contributed by atoms with Gasteiger partial charge in [-0.2, -0.15) is 4.98 Å². The number of hydrogen-bond donors (Lipinski definition) is 10. The number of aryl methyl sites for hydroxylation is 1. The molecule has 0 aliphatic carbocycles. The average molecular weight is 819 g/mol. The van der Waals surface area contributed by atoms with Crippen LogP contribution in [-0.4, -0.2) is 114 Å². The van der Waals surface area contributed by atoms with Crippen LogP contribution in [0.25, 0.3) is 22.3 Å². The quantitative estimate of drug-likeness (QED) is 0.0472. The second-order valence-corrected chi connectivity index (χ2v) is 17.2. The first kappa shape index (κ1) is 38.6. The number of nitrogens with one attached hydrogen (secondary N) is 2. The van der Waals surface area contributed by atoms with E-state index in [4.69, 9.17) is 25.5 Å². The molecule has 2 fully saturated rings. The van der Waals surface area contributed by atoms with Gasteiger partial charge in [-0.15, -0.1) is 0 Å². The maximum Gasteiger partial charge on any atom is 0.485 e. The van der Waals surface area contributed by atoms with Gasteiger partial charge in [0.25, 0.3) is 24.9 Å². The molecule has 2 saturated heterocycles. The summed E-state index contributed by atoms with van der Waals surface area (Å²) in [7, 11) is -10.2. The van der Waals surface area contributed by atoms with Crippen LogP contribution in [0.15, 0.2) is 22.2 Å². The van der Waals surface area contributed by atoms with E-state index < -0.39 is 95.8 Å². The summed E-state index contributed by atoms with van der Waals surface area (Å²) in [6, 6.07) is 0. The predicted molar refractivity (Wildman–Crippen MR) is 168 cm³/mol. The van der Waals surface area contributed by atoms with Crippen LogP contribution in [-0.2, 0) is 55.1 Å². The van der Waals surface area contributed by atoms with Gasteiger partial charge in [0.1, 0.15) is 36.6 Å². The number of phosphoric acid groups is 2. The Labute approximate surface area is 292 Å². The summed E-state index contributed by atoms with van der Waals surface area (Å²) in [6.45, 7) is -6.88. The molecule has 0 amide bonds. The van der Waals surface area contributed by atoms with Gasteiger partial charge in [0.2, 0.25) is 17.7 Å². The number of phosphoric ester groups is 1. The zero-order chi connectivity index (χ0) is 38.1. The van der Waals surface area contributed by atoms with Crippen molar-refractivity contribution < 1.29 is 75.9 Å². The molecule has 2 aliphatic rings. The van der Waals surface area contributed by atoms with Crippen molar-refractivity contribution in [3.63, 3.8) is 0 Å². The summed E-state index contributed by atoms with van der Waals surface area (Å²) >= 11 is 4.67. The Morgan fingerprint density at radius 3 is 2.29 bits per heavy atom. The van der Waals surface area contributed by atoms with Gasteiger partial charge in [0.15, 0.2) is 23.7 Å². The van der Waals surface area contributed by atoms with Gasteiger partial charge in [-0.05, 0) is 11.8 Å². The number of anilines is 2. The number of aliphatic hydroxyl groups excluding tert-OH is 4. The molecule has 31 heteroatoms. The lowest BCUT2D eigenvalue weighted by molar-refractivity contribution is -0.745. The summed E-state index contributed by atoms with van der Waals surface area (Å²) in [4.78, 5) is 73.5. The van der Waals surface area contributed by atoms with E-state index in [0.717, 1.165) is 10.9 Å². The minimum absolute atomic E-state index is 0.0302. The van der Waals surface area contributed by atoms with Gasteiger partial charge in [0.05, 0.1) is 26.6 Å². The van der Waals surface area contributed by atoms with E-state index in [1.165, 1.54) is 22.5 Å². The number of aromatic nitrogens is 8. The number of imidazole rings is 2. The van der Waals surface area contributed by atoms with Crippen LogP contribution >= 0.6 is 22.4 Å². The highest BCUT2D eigenvalue weighted by Crippen LogP contribution is 2.66. The molecule has 0 aromatic carbocycles. The normalized spacial score (nSPS) is 30.1. The van der Waals surface area contributed by atoms with Crippen molar-refractivity contribution in [2.75, 3.05) is 24.7 Å². The van der Waals surface area contributed by atoms with Crippen molar-refractivity contribution >= 4 is 68.4 Å². The minimum atomic E-state index is -5.86. The van der Waals surface area contributed by atoms with E-state index in [9.17, 15) is 53.8 Å². The molecule has 4 aromatic heterocycles. The van der Waals surface area contributed by atoms with E-state index in [-0.39, 0.29) is 34.2 Å². The fraction of sp³-hybridized carbons (Fsp3) is 0.524. The van der Waals surface area contributed by atoms with Gasteiger partial charge in [-0.1, -0.05) is 4.98 Å². The van der Waals surface area contributed by atoms with Crippen molar-refractivity contribution in [3.05, 3.63) is 33.4 Å². The third-order valence-corrected chi connectivity index (χ3v) is 12.8. The Morgan fingerprint density at radius 1 is 0.962 bits per heavy atom. The Hall–Kier alpha value is -3.11. The van der Waals surface area contributed by atoms with E-state index in [0.29, 0.717) is 0 Å². The van der Waals surface area contributed by atoms with Crippen molar-refractivity contribution in [1.82, 2.24) is 34.1 Å². The molecule has 11 atom stereocenters. The smallest absolute Gasteiger partial charge is 0.485 e. The second kappa shape index (κ2) is 13.9. The molecule has 0 saturated carbocycles. The number of H-pyrrole nitrogens is 2. The number of rotatable bonds is 12. The number of nitrogens with two attached hydrogens (primary N) is 2. The van der Waals surface area contributed by atoms with Crippen molar-refractivity contribution in [3.8, 4) is 0 Å². The molecule has 6 heterocycles. The monoisotopic (exact) mass is 818 g/mol. The molecular weight excluding hydrogens is 789 g/mol. The van der Waals surface area contributed by atoms with Crippen molar-refractivity contribution in [2.45, 2.75) is 49.1 Å². The van der Waals surface area contributed by atoms with Crippen molar-refractivity contribution in [2.24, 2.45) is 7.05 Å². The number of nitrogen functional groups attached to an aromatic ring is 2. The van der Waals surface area contributed by atoms with Crippen LogP contribution in [0, 0.1) is 0 Å². The Bertz CT molecular complexity index is 2280. The third kappa shape index (κ3) is 7.61. The summed E-state index contributed by atoms with van der Waals surface area (Å²) in [5, 5.41) is 42.2. The molecular formula is C21H29N10O17P3S. The molecule has 286 valence electrons. The first-order valence-electron chi connectivity index (χ1n) is 14.4. The molecule has 52 heavy (non-hydrogen) atoms. The number of fused-ring (bicyclic) bond motifs is 2. The standard InChI is InChI=1S/C21H29N10O17P3S/c1-29-5-31(15-9(29)17(37)28-21(23)26-15)19-13(35)11(33)7(46-19)3-44-51(42,52)48-50(40,41)47-49(38,39)43-2-6-10(32)12(34)18(45-6)30-4-24-8-14(30)25-20(22)27-16(8)36/h4-7,10-13,18-19,32-35H,2-3H2,1H3,(H8-,22,23,25,26,27,28,36,37,38,39,40,41,42,52)/t6-,7-,10-,11-,12-,13-,18-,19-,51?/m1/s1. The summed E-state index contributed by atoms with van der Waals surface area (Å²) < 4.78 is 57.5. The van der Waals surface area contributed by atoms with E-state index >= 15 is 0 Å². The lowest BCUT2D eigenvalue weighted by atomic mass is 10.1.